The first-order chi connectivity index (χ1) is 7.17. The number of carbonyl (C=O) groups is 1. The molecule has 1 aromatic rings. The molecule has 15 heavy (non-hydrogen) atoms. The molecule has 2 aliphatic heterocycles. The van der Waals surface area contributed by atoms with Crippen molar-refractivity contribution in [3.05, 3.63) is 35.4 Å². The third-order valence-electron chi connectivity index (χ3n) is 3.12. The van der Waals surface area contributed by atoms with Crippen LogP contribution < -0.4 is 0 Å². The third kappa shape index (κ3) is 0.960. The van der Waals surface area contributed by atoms with Crippen molar-refractivity contribution in [1.29, 1.82) is 0 Å². The summed E-state index contributed by atoms with van der Waals surface area (Å²) in [6.45, 7) is 4.67. The first-order valence-corrected chi connectivity index (χ1v) is 5.24. The van der Waals surface area contributed by atoms with Crippen LogP contribution in [-0.2, 0) is 10.5 Å². The first-order valence-electron chi connectivity index (χ1n) is 5.24. The van der Waals surface area contributed by atoms with Crippen LogP contribution in [0.15, 0.2) is 24.3 Å². The predicted octanol–water partition coefficient (Wildman–Crippen LogP) is 1.73. The summed E-state index contributed by atoms with van der Waals surface area (Å²) in [4.78, 5) is 14.0. The smallest absolute Gasteiger partial charge is 0.257 e. The van der Waals surface area contributed by atoms with Gasteiger partial charge in [-0.1, -0.05) is 18.2 Å². The summed E-state index contributed by atoms with van der Waals surface area (Å²) in [6.07, 6.45) is 0. The Balaban J connectivity index is 2.18. The summed E-state index contributed by atoms with van der Waals surface area (Å²) < 4.78 is 5.53. The minimum atomic E-state index is -0.429. The fourth-order valence-electron chi connectivity index (χ4n) is 2.45. The molecule has 1 saturated heterocycles. The number of hydrogen-bond acceptors (Lipinski definition) is 2. The Morgan fingerprint density at radius 3 is 2.67 bits per heavy atom. The first kappa shape index (κ1) is 8.92. The minimum Gasteiger partial charge on any atom is -0.343 e. The summed E-state index contributed by atoms with van der Waals surface area (Å²) in [5.74, 6) is 0.0955. The molecule has 2 aliphatic rings. The highest BCUT2D eigenvalue weighted by Crippen LogP contribution is 2.50. The molecule has 1 aromatic carbocycles. The van der Waals surface area contributed by atoms with Crippen LogP contribution in [0.5, 0.6) is 0 Å². The molecule has 0 aliphatic carbocycles. The van der Waals surface area contributed by atoms with E-state index < -0.39 is 5.72 Å². The van der Waals surface area contributed by atoms with E-state index in [-0.39, 0.29) is 11.9 Å². The minimum absolute atomic E-state index is 0.0955. The maximum Gasteiger partial charge on any atom is 0.257 e. The number of rotatable bonds is 1. The summed E-state index contributed by atoms with van der Waals surface area (Å²) in [6, 6.07) is 7.90. The summed E-state index contributed by atoms with van der Waals surface area (Å²) >= 11 is 0. The van der Waals surface area contributed by atoms with Crippen molar-refractivity contribution in [3.63, 3.8) is 0 Å². The van der Waals surface area contributed by atoms with Gasteiger partial charge in [-0.15, -0.1) is 0 Å². The highest BCUT2D eigenvalue weighted by molar-refractivity contribution is 6.00. The standard InChI is InChI=1S/C12H13NO2/c1-8(2)13-11(14)9-5-3-4-6-10(9)12(13)7-15-12/h3-6,8H,7H2,1-2H3. The molecule has 0 N–H and O–H groups in total. The molecule has 3 nitrogen and oxygen atoms in total. The second-order valence-corrected chi connectivity index (χ2v) is 4.39. The largest absolute Gasteiger partial charge is 0.343 e. The Hall–Kier alpha value is -1.35. The van der Waals surface area contributed by atoms with Gasteiger partial charge in [0.2, 0.25) is 0 Å². The van der Waals surface area contributed by atoms with Crippen molar-refractivity contribution in [2.24, 2.45) is 0 Å². The van der Waals surface area contributed by atoms with Crippen LogP contribution in [0.25, 0.3) is 0 Å². The zero-order valence-electron chi connectivity index (χ0n) is 8.86. The van der Waals surface area contributed by atoms with E-state index in [9.17, 15) is 4.79 Å². The van der Waals surface area contributed by atoms with E-state index in [1.54, 1.807) is 0 Å². The summed E-state index contributed by atoms with van der Waals surface area (Å²) in [5, 5.41) is 0. The van der Waals surface area contributed by atoms with Crippen LogP contribution in [0.4, 0.5) is 0 Å². The second-order valence-electron chi connectivity index (χ2n) is 4.39. The lowest BCUT2D eigenvalue weighted by atomic mass is 10.1. The number of hydrogen-bond donors (Lipinski definition) is 0. The van der Waals surface area contributed by atoms with Gasteiger partial charge >= 0.3 is 0 Å². The zero-order chi connectivity index (χ0) is 10.6. The molecule has 78 valence electrons. The van der Waals surface area contributed by atoms with Gasteiger partial charge in [0.15, 0.2) is 5.72 Å². The van der Waals surface area contributed by atoms with Crippen LogP contribution >= 0.6 is 0 Å². The average molecular weight is 203 g/mol. The van der Waals surface area contributed by atoms with Gasteiger partial charge in [-0.25, -0.2) is 0 Å². The molecule has 0 saturated carbocycles. The van der Waals surface area contributed by atoms with Crippen LogP contribution in [0, 0.1) is 0 Å². The van der Waals surface area contributed by atoms with Crippen molar-refractivity contribution in [3.8, 4) is 0 Å². The van der Waals surface area contributed by atoms with Gasteiger partial charge in [0.25, 0.3) is 5.91 Å². The molecule has 2 heterocycles. The molecule has 3 rings (SSSR count). The van der Waals surface area contributed by atoms with Gasteiger partial charge in [0.05, 0.1) is 0 Å². The normalized spacial score (nSPS) is 27.7. The van der Waals surface area contributed by atoms with Crippen LogP contribution in [0.3, 0.4) is 0 Å². The molecular formula is C12H13NO2. The third-order valence-corrected chi connectivity index (χ3v) is 3.12. The van der Waals surface area contributed by atoms with E-state index in [1.165, 1.54) is 0 Å². The van der Waals surface area contributed by atoms with Crippen LogP contribution in [-0.4, -0.2) is 23.5 Å². The van der Waals surface area contributed by atoms with E-state index >= 15 is 0 Å². The van der Waals surface area contributed by atoms with Crippen molar-refractivity contribution in [2.45, 2.75) is 25.6 Å². The molecule has 0 bridgehead atoms. The fourth-order valence-corrected chi connectivity index (χ4v) is 2.45. The Morgan fingerprint density at radius 1 is 1.40 bits per heavy atom. The molecule has 1 atom stereocenters. The van der Waals surface area contributed by atoms with Gasteiger partial charge in [0.1, 0.15) is 6.61 Å². The van der Waals surface area contributed by atoms with Crippen molar-refractivity contribution in [2.75, 3.05) is 6.61 Å². The maximum atomic E-state index is 12.1. The number of ether oxygens (including phenoxy) is 1. The number of amides is 1. The Bertz CT molecular complexity index is 435. The van der Waals surface area contributed by atoms with Crippen molar-refractivity contribution >= 4 is 5.91 Å². The monoisotopic (exact) mass is 203 g/mol. The molecule has 3 heteroatoms. The molecule has 1 fully saturated rings. The highest BCUT2D eigenvalue weighted by atomic mass is 16.6. The van der Waals surface area contributed by atoms with Crippen LogP contribution in [0.2, 0.25) is 0 Å². The Morgan fingerprint density at radius 2 is 2.07 bits per heavy atom. The van der Waals surface area contributed by atoms with Gasteiger partial charge in [-0.05, 0) is 19.9 Å². The lowest BCUT2D eigenvalue weighted by molar-refractivity contribution is 0.0415. The summed E-state index contributed by atoms with van der Waals surface area (Å²) in [5.41, 5.74) is 1.40. The van der Waals surface area contributed by atoms with E-state index in [0.717, 1.165) is 11.1 Å². The molecular weight excluding hydrogens is 190 g/mol. The maximum absolute atomic E-state index is 12.1. The number of fused-ring (bicyclic) bond motifs is 2. The van der Waals surface area contributed by atoms with Gasteiger partial charge < -0.3 is 9.64 Å². The lowest BCUT2D eigenvalue weighted by Crippen LogP contribution is -2.40. The van der Waals surface area contributed by atoms with Crippen LogP contribution in [0.1, 0.15) is 29.8 Å². The van der Waals surface area contributed by atoms with E-state index in [0.29, 0.717) is 6.61 Å². The van der Waals surface area contributed by atoms with E-state index in [2.05, 4.69) is 0 Å². The SMILES string of the molecule is CC(C)N1C(=O)c2ccccc2C12CO2. The predicted molar refractivity (Wildman–Crippen MR) is 55.4 cm³/mol. The Kier molecular flexibility index (Phi) is 1.55. The molecule has 0 aromatic heterocycles. The second kappa shape index (κ2) is 2.61. The number of nitrogens with zero attached hydrogens (tertiary/aromatic N) is 1. The lowest BCUT2D eigenvalue weighted by Gasteiger charge is -2.26. The fraction of sp³-hybridized carbons (Fsp3) is 0.417. The molecule has 1 amide bonds. The number of carbonyl (C=O) groups excluding carboxylic acids is 1. The molecule has 1 spiro atoms. The number of epoxide rings is 1. The number of benzene rings is 1. The van der Waals surface area contributed by atoms with Gasteiger partial charge in [-0.2, -0.15) is 0 Å². The molecule has 1 unspecified atom stereocenters. The van der Waals surface area contributed by atoms with Crippen molar-refractivity contribution < 1.29 is 9.53 Å². The van der Waals surface area contributed by atoms with Crippen molar-refractivity contribution in [1.82, 2.24) is 4.90 Å². The van der Waals surface area contributed by atoms with E-state index in [4.69, 9.17) is 4.74 Å². The molecule has 0 radical (unpaired) electrons. The quantitative estimate of drug-likeness (QED) is 0.651. The van der Waals surface area contributed by atoms with E-state index in [1.807, 2.05) is 43.0 Å². The van der Waals surface area contributed by atoms with Gasteiger partial charge in [0, 0.05) is 17.2 Å². The topological polar surface area (TPSA) is 32.8 Å². The summed E-state index contributed by atoms with van der Waals surface area (Å²) in [7, 11) is 0. The zero-order valence-corrected chi connectivity index (χ0v) is 8.86. The van der Waals surface area contributed by atoms with Gasteiger partial charge in [-0.3, -0.25) is 4.79 Å². The highest BCUT2D eigenvalue weighted by Gasteiger charge is 2.60. The average Bonchev–Trinajstić information content (AvgIpc) is 2.93. The Labute approximate surface area is 88.6 Å².